The molecule has 0 radical (unpaired) electrons. The van der Waals surface area contributed by atoms with Crippen molar-refractivity contribution in [2.75, 3.05) is 10.6 Å². The molecule has 10 nitrogen and oxygen atoms in total. The number of amides is 3. The lowest BCUT2D eigenvalue weighted by atomic mass is 10.1. The average Bonchev–Trinajstić information content (AvgIpc) is 3.54. The number of non-ortho nitro benzene ring substituents is 1. The Morgan fingerprint density at radius 2 is 1.71 bits per heavy atom. The molecule has 4 aromatic carbocycles. The molecule has 0 spiro atoms. The van der Waals surface area contributed by atoms with Crippen molar-refractivity contribution in [2.24, 2.45) is 0 Å². The van der Waals surface area contributed by atoms with Crippen LogP contribution in [0, 0.1) is 10.1 Å². The van der Waals surface area contributed by atoms with Crippen molar-refractivity contribution in [3.05, 3.63) is 139 Å². The van der Waals surface area contributed by atoms with Gasteiger partial charge >= 0.3 is 0 Å². The van der Waals surface area contributed by atoms with Gasteiger partial charge in [-0.2, -0.15) is 0 Å². The van der Waals surface area contributed by atoms with E-state index in [1.54, 1.807) is 91.2 Å². The molecular weight excluding hydrogens is 693 g/mol. The van der Waals surface area contributed by atoms with E-state index >= 15 is 0 Å². The highest BCUT2D eigenvalue weighted by atomic mass is 35.5. The summed E-state index contributed by atoms with van der Waals surface area (Å²) in [5.41, 5.74) is 2.24. The number of hydrogen-bond acceptors (Lipinski definition) is 8. The van der Waals surface area contributed by atoms with Crippen LogP contribution >= 0.6 is 46.3 Å². The maximum absolute atomic E-state index is 13.5. The number of nitro benzene ring substituents is 1. The van der Waals surface area contributed by atoms with Crippen LogP contribution in [-0.4, -0.2) is 32.9 Å². The van der Waals surface area contributed by atoms with Crippen molar-refractivity contribution >= 4 is 86.6 Å². The Morgan fingerprint density at radius 1 is 0.938 bits per heavy atom. The van der Waals surface area contributed by atoms with Gasteiger partial charge in [-0.25, -0.2) is 4.98 Å². The van der Waals surface area contributed by atoms with Gasteiger partial charge in [-0.3, -0.25) is 24.5 Å². The molecule has 48 heavy (non-hydrogen) atoms. The number of hydrogen-bond donors (Lipinski definition) is 3. The van der Waals surface area contributed by atoms with E-state index < -0.39 is 22.0 Å². The Kier molecular flexibility index (Phi) is 11.2. The van der Waals surface area contributed by atoms with Gasteiger partial charge in [0.2, 0.25) is 5.91 Å². The van der Waals surface area contributed by atoms with Crippen LogP contribution in [0.4, 0.5) is 16.5 Å². The van der Waals surface area contributed by atoms with Gasteiger partial charge < -0.3 is 16.0 Å². The summed E-state index contributed by atoms with van der Waals surface area (Å²) in [6, 6.07) is 26.3. The van der Waals surface area contributed by atoms with Crippen LogP contribution in [0.5, 0.6) is 0 Å². The van der Waals surface area contributed by atoms with E-state index in [0.29, 0.717) is 48.1 Å². The van der Waals surface area contributed by atoms with Crippen LogP contribution in [0.3, 0.4) is 0 Å². The highest BCUT2D eigenvalue weighted by Gasteiger charge is 2.19. The molecule has 1 unspecified atom stereocenters. The van der Waals surface area contributed by atoms with E-state index in [0.717, 1.165) is 0 Å². The molecule has 5 aromatic rings. The van der Waals surface area contributed by atoms with E-state index in [1.165, 1.54) is 47.4 Å². The molecule has 1 atom stereocenters. The molecule has 0 saturated carbocycles. The standard InChI is InChI=1S/C34H25Cl2N5O5S2/c1-20(31(42)40-34-39-30(19-47-34)23-9-5-11-26(15-23)41(45)46)48-27-12-6-10-25(18-27)37-33(44)29(16-22-13-14-24(35)17-28(22)36)38-32(43)21-7-3-2-4-8-21/h2-20H,1H3,(H,37,44)(H,38,43)(H,39,40,42)/b29-16+. The number of nitrogens with one attached hydrogen (secondary N) is 3. The number of benzene rings is 4. The quantitative estimate of drug-likeness (QED) is 0.0538. The van der Waals surface area contributed by atoms with E-state index in [-0.39, 0.29) is 17.3 Å². The van der Waals surface area contributed by atoms with Gasteiger partial charge in [-0.05, 0) is 61.0 Å². The first-order valence-corrected chi connectivity index (χ1v) is 16.7. The summed E-state index contributed by atoms with van der Waals surface area (Å²) in [5.74, 6) is -1.38. The molecule has 0 aliphatic rings. The Bertz CT molecular complexity index is 2040. The first-order valence-electron chi connectivity index (χ1n) is 14.2. The first kappa shape index (κ1) is 34.3. The molecule has 0 bridgehead atoms. The third kappa shape index (κ3) is 9.07. The molecule has 0 aliphatic carbocycles. The van der Waals surface area contributed by atoms with Crippen molar-refractivity contribution in [2.45, 2.75) is 17.1 Å². The third-order valence-electron chi connectivity index (χ3n) is 6.65. The number of halogens is 2. The molecule has 1 heterocycles. The number of thiazole rings is 1. The SMILES string of the molecule is CC(Sc1cccc(NC(=O)/C(=C\c2ccc(Cl)cc2Cl)NC(=O)c2ccccc2)c1)C(=O)Nc1nc(-c2cccc([N+](=O)[O-])c2)cs1. The summed E-state index contributed by atoms with van der Waals surface area (Å²) in [5, 5.41) is 21.6. The van der Waals surface area contributed by atoms with Crippen molar-refractivity contribution in [1.29, 1.82) is 0 Å². The van der Waals surface area contributed by atoms with Gasteiger partial charge in [0.1, 0.15) is 5.70 Å². The molecule has 14 heteroatoms. The van der Waals surface area contributed by atoms with E-state index in [9.17, 15) is 24.5 Å². The molecule has 0 saturated heterocycles. The Labute approximate surface area is 293 Å². The minimum Gasteiger partial charge on any atom is -0.321 e. The number of rotatable bonds is 11. The number of nitro groups is 1. The Hall–Kier alpha value is -5.01. The van der Waals surface area contributed by atoms with E-state index in [1.807, 2.05) is 0 Å². The predicted molar refractivity (Wildman–Crippen MR) is 192 cm³/mol. The smallest absolute Gasteiger partial charge is 0.272 e. The van der Waals surface area contributed by atoms with Gasteiger partial charge in [0.05, 0.1) is 15.9 Å². The maximum Gasteiger partial charge on any atom is 0.272 e. The second-order valence-corrected chi connectivity index (χ2v) is 13.2. The lowest BCUT2D eigenvalue weighted by Crippen LogP contribution is -2.30. The number of nitrogens with zero attached hydrogens (tertiary/aromatic N) is 2. The normalized spacial score (nSPS) is 11.8. The summed E-state index contributed by atoms with van der Waals surface area (Å²) in [6.07, 6.45) is 1.46. The molecule has 0 fully saturated rings. The Balaban J connectivity index is 1.26. The van der Waals surface area contributed by atoms with Crippen molar-refractivity contribution in [3.8, 4) is 11.3 Å². The molecule has 242 valence electrons. The van der Waals surface area contributed by atoms with Crippen molar-refractivity contribution in [3.63, 3.8) is 0 Å². The lowest BCUT2D eigenvalue weighted by molar-refractivity contribution is -0.384. The average molecular weight is 719 g/mol. The van der Waals surface area contributed by atoms with Crippen LogP contribution in [0.25, 0.3) is 17.3 Å². The predicted octanol–water partition coefficient (Wildman–Crippen LogP) is 8.55. The van der Waals surface area contributed by atoms with Gasteiger partial charge in [-0.15, -0.1) is 23.1 Å². The van der Waals surface area contributed by atoms with Crippen molar-refractivity contribution < 1.29 is 19.3 Å². The highest BCUT2D eigenvalue weighted by Crippen LogP contribution is 2.30. The number of carbonyl (C=O) groups is 3. The van der Waals surface area contributed by atoms with Crippen molar-refractivity contribution in [1.82, 2.24) is 10.3 Å². The number of thioether (sulfide) groups is 1. The third-order valence-corrected chi connectivity index (χ3v) is 9.07. The fraction of sp³-hybridized carbons (Fsp3) is 0.0588. The maximum atomic E-state index is 13.5. The van der Waals surface area contributed by atoms with Gasteiger partial charge in [0.15, 0.2) is 5.13 Å². The lowest BCUT2D eigenvalue weighted by Gasteiger charge is -2.14. The molecule has 3 N–H and O–H groups in total. The van der Waals surface area contributed by atoms with Gasteiger partial charge in [0.25, 0.3) is 17.5 Å². The zero-order valence-corrected chi connectivity index (χ0v) is 28.1. The monoisotopic (exact) mass is 717 g/mol. The fourth-order valence-electron chi connectivity index (χ4n) is 4.27. The van der Waals surface area contributed by atoms with Gasteiger partial charge in [0, 0.05) is 49.3 Å². The molecule has 1 aromatic heterocycles. The molecule has 3 amide bonds. The summed E-state index contributed by atoms with van der Waals surface area (Å²) < 4.78 is 0. The minimum absolute atomic E-state index is 0.0493. The Morgan fingerprint density at radius 3 is 2.46 bits per heavy atom. The minimum atomic E-state index is -0.596. The molecular formula is C34H25Cl2N5O5S2. The van der Waals surface area contributed by atoms with Crippen LogP contribution in [0.15, 0.2) is 113 Å². The highest BCUT2D eigenvalue weighted by molar-refractivity contribution is 8.00. The summed E-state index contributed by atoms with van der Waals surface area (Å²) in [6.45, 7) is 1.73. The zero-order valence-electron chi connectivity index (χ0n) is 25.0. The fourth-order valence-corrected chi connectivity index (χ4v) is 6.38. The first-order chi connectivity index (χ1) is 23.0. The van der Waals surface area contributed by atoms with Crippen LogP contribution in [0.1, 0.15) is 22.8 Å². The number of anilines is 2. The number of aromatic nitrogens is 1. The van der Waals surface area contributed by atoms with Crippen LogP contribution in [-0.2, 0) is 9.59 Å². The zero-order chi connectivity index (χ0) is 34.2. The second kappa shape index (κ2) is 15.7. The summed E-state index contributed by atoms with van der Waals surface area (Å²) >= 11 is 14.9. The number of carbonyl (C=O) groups excluding carboxylic acids is 3. The molecule has 5 rings (SSSR count). The molecule has 0 aliphatic heterocycles. The van der Waals surface area contributed by atoms with E-state index in [2.05, 4.69) is 20.9 Å². The van der Waals surface area contributed by atoms with Crippen LogP contribution < -0.4 is 16.0 Å². The largest absolute Gasteiger partial charge is 0.321 e. The second-order valence-electron chi connectivity index (χ2n) is 10.1. The van der Waals surface area contributed by atoms with Gasteiger partial charge in [-0.1, -0.05) is 65.7 Å². The topological polar surface area (TPSA) is 143 Å². The summed E-state index contributed by atoms with van der Waals surface area (Å²) in [7, 11) is 0. The van der Waals surface area contributed by atoms with Crippen LogP contribution in [0.2, 0.25) is 10.0 Å². The van der Waals surface area contributed by atoms with E-state index in [4.69, 9.17) is 23.2 Å². The summed E-state index contributed by atoms with van der Waals surface area (Å²) in [4.78, 5) is 55.2.